The van der Waals surface area contributed by atoms with Crippen molar-refractivity contribution in [1.82, 2.24) is 9.62 Å². The van der Waals surface area contributed by atoms with Crippen LogP contribution in [0.5, 0.6) is 0 Å². The summed E-state index contributed by atoms with van der Waals surface area (Å²) in [5.41, 5.74) is 0. The van der Waals surface area contributed by atoms with Crippen molar-refractivity contribution in [3.63, 3.8) is 0 Å². The average Bonchev–Trinajstić information content (AvgIpc) is 3.21. The molecule has 2 aromatic rings. The van der Waals surface area contributed by atoms with Crippen molar-refractivity contribution in [3.8, 4) is 0 Å². The zero-order chi connectivity index (χ0) is 16.3. The Morgan fingerprint density at radius 1 is 1.17 bits per heavy atom. The van der Waals surface area contributed by atoms with Crippen molar-refractivity contribution in [3.05, 3.63) is 51.1 Å². The standard InChI is InChI=1S/C16H19BrN2O2S2/c17-13-6-1-2-8-16(13)23(20,21)18-12-14(15-7-5-11-22-15)19-9-3-4-10-19/h1-2,5-8,11,14,18H,3-4,9-10,12H2. The maximum absolute atomic E-state index is 12.6. The Morgan fingerprint density at radius 2 is 1.91 bits per heavy atom. The molecule has 23 heavy (non-hydrogen) atoms. The molecular formula is C16H19BrN2O2S2. The number of hydrogen-bond acceptors (Lipinski definition) is 4. The monoisotopic (exact) mass is 414 g/mol. The van der Waals surface area contributed by atoms with E-state index in [-0.39, 0.29) is 10.9 Å². The van der Waals surface area contributed by atoms with Gasteiger partial charge < -0.3 is 0 Å². The van der Waals surface area contributed by atoms with Crippen LogP contribution in [0.3, 0.4) is 0 Å². The van der Waals surface area contributed by atoms with E-state index >= 15 is 0 Å². The van der Waals surface area contributed by atoms with E-state index < -0.39 is 10.0 Å². The number of hydrogen-bond donors (Lipinski definition) is 1. The molecule has 0 spiro atoms. The van der Waals surface area contributed by atoms with Gasteiger partial charge in [0.15, 0.2) is 0 Å². The van der Waals surface area contributed by atoms with Crippen LogP contribution in [0.4, 0.5) is 0 Å². The highest BCUT2D eigenvalue weighted by Gasteiger charge is 2.26. The number of sulfonamides is 1. The number of benzene rings is 1. The zero-order valence-electron chi connectivity index (χ0n) is 12.6. The highest BCUT2D eigenvalue weighted by atomic mass is 79.9. The highest BCUT2D eigenvalue weighted by molar-refractivity contribution is 9.10. The van der Waals surface area contributed by atoms with E-state index in [0.717, 1.165) is 13.1 Å². The van der Waals surface area contributed by atoms with Crippen LogP contribution in [-0.2, 0) is 10.0 Å². The van der Waals surface area contributed by atoms with E-state index in [1.165, 1.54) is 17.7 Å². The van der Waals surface area contributed by atoms with E-state index in [4.69, 9.17) is 0 Å². The molecule has 0 aliphatic carbocycles. The highest BCUT2D eigenvalue weighted by Crippen LogP contribution is 2.29. The molecule has 1 N–H and O–H groups in total. The summed E-state index contributed by atoms with van der Waals surface area (Å²) in [7, 11) is -3.53. The van der Waals surface area contributed by atoms with Crippen LogP contribution in [0.25, 0.3) is 0 Å². The molecule has 1 aliphatic heterocycles. The van der Waals surface area contributed by atoms with Crippen LogP contribution in [0.2, 0.25) is 0 Å². The first-order valence-corrected chi connectivity index (χ1v) is 10.8. The molecule has 1 unspecified atom stereocenters. The van der Waals surface area contributed by atoms with Crippen LogP contribution in [0.15, 0.2) is 51.1 Å². The fourth-order valence-electron chi connectivity index (χ4n) is 2.87. The number of thiophene rings is 1. The number of rotatable bonds is 6. The Labute approximate surface area is 149 Å². The van der Waals surface area contributed by atoms with Gasteiger partial charge in [0.05, 0.1) is 10.9 Å². The third-order valence-electron chi connectivity index (χ3n) is 4.05. The van der Waals surface area contributed by atoms with E-state index in [1.807, 2.05) is 17.5 Å². The van der Waals surface area contributed by atoms with Gasteiger partial charge in [-0.2, -0.15) is 0 Å². The fourth-order valence-corrected chi connectivity index (χ4v) is 5.77. The second kappa shape index (κ2) is 7.44. The van der Waals surface area contributed by atoms with Crippen molar-refractivity contribution in [2.24, 2.45) is 0 Å². The third-order valence-corrected chi connectivity index (χ3v) is 7.46. The summed E-state index contributed by atoms with van der Waals surface area (Å²) in [6.07, 6.45) is 2.36. The van der Waals surface area contributed by atoms with Crippen LogP contribution < -0.4 is 4.72 Å². The van der Waals surface area contributed by atoms with Gasteiger partial charge in [-0.1, -0.05) is 18.2 Å². The number of nitrogens with one attached hydrogen (secondary N) is 1. The molecule has 0 bridgehead atoms. The van der Waals surface area contributed by atoms with Crippen LogP contribution in [0.1, 0.15) is 23.8 Å². The van der Waals surface area contributed by atoms with E-state index in [1.54, 1.807) is 29.5 Å². The first-order valence-electron chi connectivity index (χ1n) is 7.59. The smallest absolute Gasteiger partial charge is 0.241 e. The molecule has 7 heteroatoms. The Balaban J connectivity index is 1.77. The van der Waals surface area contributed by atoms with Crippen LogP contribution >= 0.6 is 27.3 Å². The van der Waals surface area contributed by atoms with Crippen molar-refractivity contribution < 1.29 is 8.42 Å². The maximum atomic E-state index is 12.6. The molecule has 1 atom stereocenters. The maximum Gasteiger partial charge on any atom is 0.241 e. The number of halogens is 1. The minimum Gasteiger partial charge on any atom is -0.294 e. The Morgan fingerprint density at radius 3 is 2.57 bits per heavy atom. The first kappa shape index (κ1) is 17.1. The van der Waals surface area contributed by atoms with E-state index in [0.29, 0.717) is 11.0 Å². The molecule has 124 valence electrons. The molecule has 2 heterocycles. The summed E-state index contributed by atoms with van der Waals surface area (Å²) in [6.45, 7) is 2.45. The minimum atomic E-state index is -3.53. The molecule has 1 aromatic heterocycles. The predicted molar refractivity (Wildman–Crippen MR) is 97.2 cm³/mol. The van der Waals surface area contributed by atoms with Gasteiger partial charge in [-0.05, 0) is 65.4 Å². The summed E-state index contributed by atoms with van der Waals surface area (Å²) in [5, 5.41) is 2.04. The molecule has 1 saturated heterocycles. The fraction of sp³-hybridized carbons (Fsp3) is 0.375. The summed E-state index contributed by atoms with van der Waals surface area (Å²) in [4.78, 5) is 3.86. The summed E-state index contributed by atoms with van der Waals surface area (Å²) < 4.78 is 28.5. The Bertz CT molecular complexity index is 741. The summed E-state index contributed by atoms with van der Waals surface area (Å²) in [6, 6.07) is 11.1. The van der Waals surface area contributed by atoms with E-state index in [9.17, 15) is 8.42 Å². The predicted octanol–water partition coefficient (Wildman–Crippen LogP) is 3.63. The number of nitrogens with zero attached hydrogens (tertiary/aromatic N) is 1. The minimum absolute atomic E-state index is 0.106. The third kappa shape index (κ3) is 4.03. The summed E-state index contributed by atoms with van der Waals surface area (Å²) >= 11 is 5.00. The normalized spacial score (nSPS) is 17.4. The van der Waals surface area contributed by atoms with Gasteiger partial charge in [-0.15, -0.1) is 11.3 Å². The van der Waals surface area contributed by atoms with Gasteiger partial charge in [-0.3, -0.25) is 4.90 Å². The lowest BCUT2D eigenvalue weighted by atomic mass is 10.2. The molecular weight excluding hydrogens is 396 g/mol. The van der Waals surface area contributed by atoms with Gasteiger partial charge in [0.2, 0.25) is 10.0 Å². The number of likely N-dealkylation sites (tertiary alicyclic amines) is 1. The lowest BCUT2D eigenvalue weighted by Gasteiger charge is -2.27. The zero-order valence-corrected chi connectivity index (χ0v) is 15.8. The Kier molecular flexibility index (Phi) is 5.53. The second-order valence-electron chi connectivity index (χ2n) is 5.56. The quantitative estimate of drug-likeness (QED) is 0.784. The lowest BCUT2D eigenvalue weighted by Crippen LogP contribution is -2.36. The van der Waals surface area contributed by atoms with Crippen LogP contribution in [0, 0.1) is 0 Å². The molecule has 4 nitrogen and oxygen atoms in total. The van der Waals surface area contributed by atoms with E-state index in [2.05, 4.69) is 31.6 Å². The van der Waals surface area contributed by atoms with Crippen molar-refractivity contribution in [2.45, 2.75) is 23.8 Å². The second-order valence-corrected chi connectivity index (χ2v) is 9.13. The van der Waals surface area contributed by atoms with Crippen molar-refractivity contribution >= 4 is 37.3 Å². The topological polar surface area (TPSA) is 49.4 Å². The molecule has 0 amide bonds. The van der Waals surface area contributed by atoms with Crippen LogP contribution in [-0.4, -0.2) is 33.0 Å². The SMILES string of the molecule is O=S(=O)(NCC(c1cccs1)N1CCCC1)c1ccccc1Br. The van der Waals surface area contributed by atoms with Crippen molar-refractivity contribution in [1.29, 1.82) is 0 Å². The molecule has 0 radical (unpaired) electrons. The molecule has 3 rings (SSSR count). The lowest BCUT2D eigenvalue weighted by molar-refractivity contribution is 0.250. The first-order chi connectivity index (χ1) is 11.1. The van der Waals surface area contributed by atoms with Gasteiger partial charge >= 0.3 is 0 Å². The van der Waals surface area contributed by atoms with Gasteiger partial charge in [0.1, 0.15) is 0 Å². The summed E-state index contributed by atoms with van der Waals surface area (Å²) in [5.74, 6) is 0. The van der Waals surface area contributed by atoms with Gasteiger partial charge in [0.25, 0.3) is 0 Å². The molecule has 1 aliphatic rings. The largest absolute Gasteiger partial charge is 0.294 e. The van der Waals surface area contributed by atoms with Crippen molar-refractivity contribution in [2.75, 3.05) is 19.6 Å². The average molecular weight is 415 g/mol. The van der Waals surface area contributed by atoms with Gasteiger partial charge in [0, 0.05) is 15.9 Å². The van der Waals surface area contributed by atoms with Gasteiger partial charge in [-0.25, -0.2) is 13.1 Å². The Hall–Kier alpha value is -0.730. The molecule has 1 aromatic carbocycles. The molecule has 0 saturated carbocycles. The molecule has 1 fully saturated rings.